The van der Waals surface area contributed by atoms with Gasteiger partial charge in [-0.1, -0.05) is 11.6 Å². The van der Waals surface area contributed by atoms with Gasteiger partial charge in [0, 0.05) is 17.5 Å². The Morgan fingerprint density at radius 3 is 2.84 bits per heavy atom. The number of hydrogen-bond donors (Lipinski definition) is 2. The van der Waals surface area contributed by atoms with Crippen LogP contribution < -0.4 is 10.5 Å². The summed E-state index contributed by atoms with van der Waals surface area (Å²) in [6.45, 7) is 1.79. The van der Waals surface area contributed by atoms with E-state index in [9.17, 15) is 8.42 Å². The van der Waals surface area contributed by atoms with Crippen molar-refractivity contribution in [3.63, 3.8) is 0 Å². The third-order valence-corrected chi connectivity index (χ3v) is 6.29. The molecule has 3 N–H and O–H groups in total. The summed E-state index contributed by atoms with van der Waals surface area (Å²) in [5, 5.41) is 0.211. The first-order valence-corrected chi connectivity index (χ1v) is 9.07. The van der Waals surface area contributed by atoms with E-state index in [0.717, 1.165) is 29.9 Å². The Morgan fingerprint density at radius 1 is 1.47 bits per heavy atom. The normalized spacial score (nSPS) is 20.4. The minimum Gasteiger partial charge on any atom is -0.398 e. The number of sulfonamides is 1. The fourth-order valence-electron chi connectivity index (χ4n) is 1.99. The predicted octanol–water partition coefficient (Wildman–Crippen LogP) is 2.40. The number of aryl methyl sites for hydroxylation is 1. The molecule has 1 aromatic carbocycles. The van der Waals surface area contributed by atoms with Gasteiger partial charge < -0.3 is 5.73 Å². The van der Waals surface area contributed by atoms with Crippen LogP contribution in [-0.4, -0.2) is 26.0 Å². The van der Waals surface area contributed by atoms with Gasteiger partial charge in [0.25, 0.3) is 0 Å². The lowest BCUT2D eigenvalue weighted by Crippen LogP contribution is -2.38. The highest BCUT2D eigenvalue weighted by atomic mass is 35.5. The number of halogens is 1. The smallest absolute Gasteiger partial charge is 0.242 e. The fourth-order valence-corrected chi connectivity index (χ4v) is 5.06. The highest BCUT2D eigenvalue weighted by Crippen LogP contribution is 2.27. The maximum atomic E-state index is 12.3. The van der Waals surface area contributed by atoms with Crippen LogP contribution in [0.2, 0.25) is 5.02 Å². The summed E-state index contributed by atoms with van der Waals surface area (Å²) in [6.07, 6.45) is 1.90. The summed E-state index contributed by atoms with van der Waals surface area (Å²) < 4.78 is 27.4. The molecule has 0 saturated carbocycles. The van der Waals surface area contributed by atoms with E-state index in [1.54, 1.807) is 24.8 Å². The number of thioether (sulfide) groups is 1. The van der Waals surface area contributed by atoms with Gasteiger partial charge in [-0.25, -0.2) is 13.1 Å². The first-order valence-electron chi connectivity index (χ1n) is 6.06. The van der Waals surface area contributed by atoms with E-state index in [1.807, 2.05) is 0 Å². The molecule has 1 aliphatic rings. The molecule has 1 fully saturated rings. The average Bonchev–Trinajstić information content (AvgIpc) is 2.34. The Kier molecular flexibility index (Phi) is 4.66. The van der Waals surface area contributed by atoms with Crippen LogP contribution in [-0.2, 0) is 10.0 Å². The minimum atomic E-state index is -3.61. The molecule has 4 nitrogen and oxygen atoms in total. The largest absolute Gasteiger partial charge is 0.398 e. The zero-order valence-electron chi connectivity index (χ0n) is 10.6. The summed E-state index contributed by atoms with van der Waals surface area (Å²) in [6, 6.07) is 2.99. The molecule has 0 spiro atoms. The van der Waals surface area contributed by atoms with Crippen LogP contribution in [0, 0.1) is 6.92 Å². The Bertz CT molecular complexity index is 569. The maximum Gasteiger partial charge on any atom is 0.242 e. The zero-order chi connectivity index (χ0) is 14.0. The second kappa shape index (κ2) is 5.91. The molecule has 1 aliphatic heterocycles. The molecule has 19 heavy (non-hydrogen) atoms. The predicted molar refractivity (Wildman–Crippen MR) is 81.3 cm³/mol. The second-order valence-corrected chi connectivity index (χ2v) is 7.91. The molecule has 0 bridgehead atoms. The van der Waals surface area contributed by atoms with Crippen molar-refractivity contribution in [3.05, 3.63) is 22.7 Å². The molecule has 106 valence electrons. The molecule has 1 aromatic rings. The van der Waals surface area contributed by atoms with E-state index in [0.29, 0.717) is 5.69 Å². The van der Waals surface area contributed by atoms with Crippen molar-refractivity contribution < 1.29 is 8.42 Å². The topological polar surface area (TPSA) is 72.2 Å². The molecule has 1 unspecified atom stereocenters. The number of nitrogen functional groups attached to an aromatic ring is 1. The lowest BCUT2D eigenvalue weighted by Gasteiger charge is -2.22. The SMILES string of the molecule is Cc1cc(Cl)c(S(=O)(=O)NC2CCCSC2)cc1N. The number of rotatable bonds is 3. The number of nitrogens with one attached hydrogen (secondary N) is 1. The number of nitrogens with two attached hydrogens (primary N) is 1. The van der Waals surface area contributed by atoms with Gasteiger partial charge in [0.15, 0.2) is 0 Å². The van der Waals surface area contributed by atoms with Crippen LogP contribution in [0.1, 0.15) is 18.4 Å². The van der Waals surface area contributed by atoms with Gasteiger partial charge in [-0.2, -0.15) is 11.8 Å². The monoisotopic (exact) mass is 320 g/mol. The zero-order valence-corrected chi connectivity index (χ0v) is 13.0. The highest BCUT2D eigenvalue weighted by molar-refractivity contribution is 7.99. The Labute approximate surface area is 123 Å². The van der Waals surface area contributed by atoms with E-state index in [1.165, 1.54) is 6.07 Å². The van der Waals surface area contributed by atoms with Gasteiger partial charge in [0.05, 0.1) is 5.02 Å². The van der Waals surface area contributed by atoms with E-state index in [-0.39, 0.29) is 16.0 Å². The molecule has 7 heteroatoms. The summed E-state index contributed by atoms with van der Waals surface area (Å²) in [4.78, 5) is 0.0628. The first-order chi connectivity index (χ1) is 8.90. The van der Waals surface area contributed by atoms with Crippen LogP contribution >= 0.6 is 23.4 Å². The van der Waals surface area contributed by atoms with Crippen LogP contribution in [0.15, 0.2) is 17.0 Å². The third kappa shape index (κ3) is 3.56. The molecular formula is C12H17ClN2O2S2. The quantitative estimate of drug-likeness (QED) is 0.839. The van der Waals surface area contributed by atoms with Crippen molar-refractivity contribution in [1.29, 1.82) is 0 Å². The lowest BCUT2D eigenvalue weighted by atomic mass is 10.2. The van der Waals surface area contributed by atoms with Crippen molar-refractivity contribution in [3.8, 4) is 0 Å². The molecule has 1 atom stereocenters. The highest BCUT2D eigenvalue weighted by Gasteiger charge is 2.24. The van der Waals surface area contributed by atoms with E-state index >= 15 is 0 Å². The summed E-state index contributed by atoms with van der Waals surface area (Å²) in [7, 11) is -3.61. The van der Waals surface area contributed by atoms with Gasteiger partial charge in [0.1, 0.15) is 4.90 Å². The van der Waals surface area contributed by atoms with Gasteiger partial charge in [0.2, 0.25) is 10.0 Å². The third-order valence-electron chi connectivity index (χ3n) is 3.09. The van der Waals surface area contributed by atoms with Gasteiger partial charge in [-0.3, -0.25) is 0 Å². The Hall–Kier alpha value is -0.430. The summed E-state index contributed by atoms with van der Waals surface area (Å²) in [5.41, 5.74) is 6.97. The van der Waals surface area contributed by atoms with Gasteiger partial charge >= 0.3 is 0 Å². The van der Waals surface area contributed by atoms with E-state index in [4.69, 9.17) is 17.3 Å². The number of hydrogen-bond acceptors (Lipinski definition) is 4. The van der Waals surface area contributed by atoms with Crippen molar-refractivity contribution >= 4 is 39.1 Å². The van der Waals surface area contributed by atoms with Crippen molar-refractivity contribution in [1.82, 2.24) is 4.72 Å². The van der Waals surface area contributed by atoms with Crippen molar-refractivity contribution in [2.75, 3.05) is 17.2 Å². The molecule has 0 amide bonds. The van der Waals surface area contributed by atoms with Crippen LogP contribution in [0.25, 0.3) is 0 Å². The number of anilines is 1. The van der Waals surface area contributed by atoms with Crippen LogP contribution in [0.3, 0.4) is 0 Å². The Balaban J connectivity index is 2.26. The average molecular weight is 321 g/mol. The minimum absolute atomic E-state index is 0.0256. The molecule has 2 rings (SSSR count). The fraction of sp³-hybridized carbons (Fsp3) is 0.500. The first kappa shape index (κ1) is 15.0. The maximum absolute atomic E-state index is 12.3. The second-order valence-electron chi connectivity index (χ2n) is 4.67. The van der Waals surface area contributed by atoms with E-state index < -0.39 is 10.0 Å². The van der Waals surface area contributed by atoms with Crippen LogP contribution in [0.4, 0.5) is 5.69 Å². The molecule has 0 aliphatic carbocycles. The molecule has 1 saturated heterocycles. The summed E-state index contributed by atoms with van der Waals surface area (Å²) in [5.74, 6) is 1.90. The molecule has 1 heterocycles. The molecular weight excluding hydrogens is 304 g/mol. The van der Waals surface area contributed by atoms with Crippen molar-refractivity contribution in [2.45, 2.75) is 30.7 Å². The molecule has 0 radical (unpaired) electrons. The van der Waals surface area contributed by atoms with Gasteiger partial charge in [-0.05, 0) is 43.2 Å². The van der Waals surface area contributed by atoms with E-state index in [2.05, 4.69) is 4.72 Å². The van der Waals surface area contributed by atoms with Crippen LogP contribution in [0.5, 0.6) is 0 Å². The summed E-state index contributed by atoms with van der Waals surface area (Å²) >= 11 is 7.79. The standard InChI is InChI=1S/C12H17ClN2O2S2/c1-8-5-10(13)12(6-11(8)14)19(16,17)15-9-3-2-4-18-7-9/h5-6,9,15H,2-4,7,14H2,1H3. The molecule has 0 aromatic heterocycles. The van der Waals surface area contributed by atoms with Gasteiger partial charge in [-0.15, -0.1) is 0 Å². The number of benzene rings is 1. The lowest BCUT2D eigenvalue weighted by molar-refractivity contribution is 0.543. The van der Waals surface area contributed by atoms with Crippen molar-refractivity contribution in [2.24, 2.45) is 0 Å². The Morgan fingerprint density at radius 2 is 2.21 bits per heavy atom.